The van der Waals surface area contributed by atoms with Gasteiger partial charge in [-0.25, -0.2) is 17.8 Å². The quantitative estimate of drug-likeness (QED) is 0.454. The summed E-state index contributed by atoms with van der Waals surface area (Å²) in [4.78, 5) is 17.3. The van der Waals surface area contributed by atoms with Crippen molar-refractivity contribution < 1.29 is 22.3 Å². The van der Waals surface area contributed by atoms with Crippen LogP contribution in [0.2, 0.25) is 0 Å². The maximum atomic E-state index is 13.5. The van der Waals surface area contributed by atoms with E-state index in [4.69, 9.17) is 4.74 Å². The number of halogens is 1. The number of rotatable bonds is 7. The lowest BCUT2D eigenvalue weighted by atomic mass is 10.2. The van der Waals surface area contributed by atoms with Crippen LogP contribution in [0.25, 0.3) is 11.0 Å². The van der Waals surface area contributed by atoms with E-state index in [9.17, 15) is 17.6 Å². The smallest absolute Gasteiger partial charge is 0.244 e. The zero-order valence-electron chi connectivity index (χ0n) is 17.2. The topological polar surface area (TPSA) is 90.3 Å². The fourth-order valence-corrected chi connectivity index (χ4v) is 3.99. The number of nitrogens with one attached hydrogen (secondary N) is 1. The lowest BCUT2D eigenvalue weighted by Crippen LogP contribution is -2.21. The number of hydrogen-bond acceptors (Lipinski definition) is 5. The second-order valence-corrected chi connectivity index (χ2v) is 9.42. The highest BCUT2D eigenvalue weighted by molar-refractivity contribution is 7.89. The van der Waals surface area contributed by atoms with Gasteiger partial charge in [0.25, 0.3) is 0 Å². The summed E-state index contributed by atoms with van der Waals surface area (Å²) in [5.41, 5.74) is 1.66. The van der Waals surface area contributed by atoms with E-state index in [0.717, 1.165) is 6.26 Å². The molecule has 0 fully saturated rings. The molecule has 32 heavy (non-hydrogen) atoms. The normalized spacial score (nSPS) is 11.4. The van der Waals surface area contributed by atoms with E-state index in [1.54, 1.807) is 59.2 Å². The van der Waals surface area contributed by atoms with Crippen LogP contribution in [0.15, 0.2) is 72.8 Å². The van der Waals surface area contributed by atoms with Crippen molar-refractivity contribution in [2.45, 2.75) is 12.3 Å². The predicted molar refractivity (Wildman–Crippen MR) is 120 cm³/mol. The highest BCUT2D eigenvalue weighted by atomic mass is 32.2. The van der Waals surface area contributed by atoms with E-state index in [2.05, 4.69) is 10.3 Å². The first kappa shape index (κ1) is 21.5. The number of nitrogens with zero attached hydrogens (tertiary/aromatic N) is 2. The van der Waals surface area contributed by atoms with Crippen LogP contribution in [0.3, 0.4) is 0 Å². The minimum absolute atomic E-state index is 0.139. The molecule has 164 valence electrons. The average molecular weight is 453 g/mol. The van der Waals surface area contributed by atoms with Gasteiger partial charge >= 0.3 is 0 Å². The van der Waals surface area contributed by atoms with Gasteiger partial charge in [0.2, 0.25) is 5.91 Å². The second-order valence-electron chi connectivity index (χ2n) is 7.28. The Morgan fingerprint density at radius 3 is 2.59 bits per heavy atom. The molecule has 0 saturated carbocycles. The van der Waals surface area contributed by atoms with Gasteiger partial charge in [-0.15, -0.1) is 0 Å². The maximum absolute atomic E-state index is 13.5. The Morgan fingerprint density at radius 1 is 1.06 bits per heavy atom. The Labute approximate surface area is 184 Å². The Bertz CT molecular complexity index is 1400. The third-order valence-corrected chi connectivity index (χ3v) is 5.39. The Kier molecular flexibility index (Phi) is 5.91. The molecular weight excluding hydrogens is 433 g/mol. The minimum Gasteiger partial charge on any atom is -0.455 e. The van der Waals surface area contributed by atoms with Gasteiger partial charge in [0.1, 0.15) is 29.7 Å². The van der Waals surface area contributed by atoms with E-state index in [0.29, 0.717) is 28.2 Å². The number of ether oxygens (including phenoxy) is 1. The molecule has 0 unspecified atom stereocenters. The molecule has 0 aliphatic rings. The van der Waals surface area contributed by atoms with Gasteiger partial charge in [-0.1, -0.05) is 30.3 Å². The minimum atomic E-state index is -3.35. The molecule has 4 rings (SSSR count). The standard InChI is InChI=1S/C23H20FN3O4S/c1-32(29,30)15-22-25-18-9-2-4-11-20(18)27(22)14-23(28)26-19-10-3-5-12-21(19)31-17-8-6-7-16(24)13-17/h2-13H,14-15H2,1H3,(H,26,28). The fourth-order valence-electron chi connectivity index (χ4n) is 3.30. The maximum Gasteiger partial charge on any atom is 0.244 e. The Balaban J connectivity index is 1.59. The lowest BCUT2D eigenvalue weighted by molar-refractivity contribution is -0.116. The number of imidazole rings is 1. The highest BCUT2D eigenvalue weighted by Gasteiger charge is 2.18. The van der Waals surface area contributed by atoms with Gasteiger partial charge < -0.3 is 14.6 Å². The summed E-state index contributed by atoms with van der Waals surface area (Å²) in [7, 11) is -3.35. The molecule has 0 aliphatic carbocycles. The van der Waals surface area contributed by atoms with Gasteiger partial charge in [-0.05, 0) is 36.4 Å². The first-order chi connectivity index (χ1) is 15.3. The number of benzene rings is 3. The van der Waals surface area contributed by atoms with Crippen LogP contribution in [0.1, 0.15) is 5.82 Å². The number of fused-ring (bicyclic) bond motifs is 1. The van der Waals surface area contributed by atoms with Crippen LogP contribution in [-0.4, -0.2) is 30.1 Å². The van der Waals surface area contributed by atoms with E-state index < -0.39 is 21.6 Å². The number of para-hydroxylation sites is 4. The van der Waals surface area contributed by atoms with Crippen LogP contribution in [0, 0.1) is 5.82 Å². The fraction of sp³-hybridized carbons (Fsp3) is 0.130. The predicted octanol–water partition coefficient (Wildman–Crippen LogP) is 4.15. The largest absolute Gasteiger partial charge is 0.455 e. The molecule has 0 bridgehead atoms. The van der Waals surface area contributed by atoms with E-state index in [-0.39, 0.29) is 18.1 Å². The van der Waals surface area contributed by atoms with Crippen molar-refractivity contribution in [1.29, 1.82) is 0 Å². The number of amides is 1. The summed E-state index contributed by atoms with van der Waals surface area (Å²) in [5, 5.41) is 2.78. The second kappa shape index (κ2) is 8.80. The Hall–Kier alpha value is -3.72. The SMILES string of the molecule is CS(=O)(=O)Cc1nc2ccccc2n1CC(=O)Nc1ccccc1Oc1cccc(F)c1. The van der Waals surface area contributed by atoms with Crippen molar-refractivity contribution in [1.82, 2.24) is 9.55 Å². The first-order valence-corrected chi connectivity index (χ1v) is 11.8. The van der Waals surface area contributed by atoms with Gasteiger partial charge in [-0.2, -0.15) is 0 Å². The number of anilines is 1. The van der Waals surface area contributed by atoms with Crippen molar-refractivity contribution in [2.24, 2.45) is 0 Å². The Morgan fingerprint density at radius 2 is 1.81 bits per heavy atom. The van der Waals surface area contributed by atoms with E-state index in [1.165, 1.54) is 18.2 Å². The summed E-state index contributed by atoms with van der Waals surface area (Å²) in [6.45, 7) is -0.139. The molecule has 4 aromatic rings. The molecule has 0 saturated heterocycles. The van der Waals surface area contributed by atoms with Crippen LogP contribution < -0.4 is 10.1 Å². The average Bonchev–Trinajstić information content (AvgIpc) is 3.05. The number of aromatic nitrogens is 2. The molecule has 0 atom stereocenters. The van der Waals surface area contributed by atoms with Crippen molar-refractivity contribution >= 4 is 32.5 Å². The van der Waals surface area contributed by atoms with Crippen molar-refractivity contribution in [3.63, 3.8) is 0 Å². The summed E-state index contributed by atoms with van der Waals surface area (Å²) < 4.78 is 44.5. The molecule has 1 N–H and O–H groups in total. The first-order valence-electron chi connectivity index (χ1n) is 9.73. The van der Waals surface area contributed by atoms with Crippen molar-refractivity contribution in [2.75, 3.05) is 11.6 Å². The van der Waals surface area contributed by atoms with Gasteiger partial charge in [0.05, 0.1) is 16.7 Å². The molecular formula is C23H20FN3O4S. The van der Waals surface area contributed by atoms with Crippen LogP contribution in [0.4, 0.5) is 10.1 Å². The van der Waals surface area contributed by atoms with Crippen LogP contribution in [-0.2, 0) is 26.9 Å². The van der Waals surface area contributed by atoms with Gasteiger partial charge in [0, 0.05) is 12.3 Å². The molecule has 0 radical (unpaired) electrons. The molecule has 1 heterocycles. The molecule has 7 nitrogen and oxygen atoms in total. The van der Waals surface area contributed by atoms with Crippen LogP contribution in [0.5, 0.6) is 11.5 Å². The summed E-state index contributed by atoms with van der Waals surface area (Å²) in [6, 6.07) is 19.6. The number of carbonyl (C=O) groups is 1. The monoisotopic (exact) mass is 453 g/mol. The molecule has 0 spiro atoms. The van der Waals surface area contributed by atoms with Gasteiger partial charge in [-0.3, -0.25) is 4.79 Å². The zero-order valence-corrected chi connectivity index (χ0v) is 18.0. The van der Waals surface area contributed by atoms with Crippen LogP contribution >= 0.6 is 0 Å². The molecule has 9 heteroatoms. The molecule has 0 aliphatic heterocycles. The van der Waals surface area contributed by atoms with Crippen molar-refractivity contribution in [3.05, 3.63) is 84.4 Å². The summed E-state index contributed by atoms with van der Waals surface area (Å²) >= 11 is 0. The number of hydrogen-bond donors (Lipinski definition) is 1. The highest BCUT2D eigenvalue weighted by Crippen LogP contribution is 2.29. The zero-order chi connectivity index (χ0) is 22.7. The summed E-state index contributed by atoms with van der Waals surface area (Å²) in [6.07, 6.45) is 1.12. The van der Waals surface area contributed by atoms with Crippen molar-refractivity contribution in [3.8, 4) is 11.5 Å². The van der Waals surface area contributed by atoms with E-state index in [1.807, 2.05) is 0 Å². The number of carbonyl (C=O) groups excluding carboxylic acids is 1. The lowest BCUT2D eigenvalue weighted by Gasteiger charge is -2.13. The molecule has 1 aromatic heterocycles. The van der Waals surface area contributed by atoms with Gasteiger partial charge in [0.15, 0.2) is 15.6 Å². The molecule has 1 amide bonds. The molecule has 3 aromatic carbocycles. The third-order valence-electron chi connectivity index (χ3n) is 4.61. The van der Waals surface area contributed by atoms with E-state index >= 15 is 0 Å². The number of sulfone groups is 1. The summed E-state index contributed by atoms with van der Waals surface area (Å²) in [5.74, 6) is -0.185. The third kappa shape index (κ3) is 5.12.